The first kappa shape index (κ1) is 13.3. The van der Waals surface area contributed by atoms with Crippen molar-refractivity contribution in [3.05, 3.63) is 0 Å². The second kappa shape index (κ2) is 5.65. The van der Waals surface area contributed by atoms with Crippen LogP contribution in [0.15, 0.2) is 0 Å². The summed E-state index contributed by atoms with van der Waals surface area (Å²) < 4.78 is 0. The molecule has 0 aromatic heterocycles. The lowest BCUT2D eigenvalue weighted by Crippen LogP contribution is -2.58. The van der Waals surface area contributed by atoms with E-state index in [0.717, 1.165) is 32.5 Å². The molecule has 0 bridgehead atoms. The van der Waals surface area contributed by atoms with E-state index in [0.29, 0.717) is 6.04 Å². The minimum atomic E-state index is -0.0124. The second-order valence-electron chi connectivity index (χ2n) is 5.95. The average Bonchev–Trinajstić information content (AvgIpc) is 2.75. The number of aliphatic hydroxyl groups is 1. The molecule has 2 heterocycles. The highest BCUT2D eigenvalue weighted by Gasteiger charge is 2.40. The van der Waals surface area contributed by atoms with Crippen molar-refractivity contribution < 1.29 is 5.11 Å². The Bertz CT molecular complexity index is 247. The third kappa shape index (κ3) is 3.19. The fourth-order valence-corrected chi connectivity index (χ4v) is 3.24. The lowest BCUT2D eigenvalue weighted by atomic mass is 9.84. The molecule has 0 spiro atoms. The van der Waals surface area contributed by atoms with Crippen LogP contribution >= 0.6 is 0 Å². The number of likely N-dealkylation sites (N-methyl/N-ethyl adjacent to an activating group) is 1. The Morgan fingerprint density at radius 2 is 2.24 bits per heavy atom. The predicted molar refractivity (Wildman–Crippen MR) is 70.2 cm³/mol. The summed E-state index contributed by atoms with van der Waals surface area (Å²) in [6.07, 6.45) is 4.87. The summed E-state index contributed by atoms with van der Waals surface area (Å²) in [6.45, 7) is 4.71. The summed E-state index contributed by atoms with van der Waals surface area (Å²) in [5, 5.41) is 13.3. The molecule has 0 aliphatic carbocycles. The van der Waals surface area contributed by atoms with Gasteiger partial charge in [0.2, 0.25) is 0 Å². The van der Waals surface area contributed by atoms with Crippen LogP contribution in [0.25, 0.3) is 0 Å². The summed E-state index contributed by atoms with van der Waals surface area (Å²) in [5.41, 5.74) is -0.0124. The van der Waals surface area contributed by atoms with E-state index in [-0.39, 0.29) is 12.1 Å². The van der Waals surface area contributed by atoms with Crippen LogP contribution in [0.5, 0.6) is 0 Å². The highest BCUT2D eigenvalue weighted by molar-refractivity contribution is 4.99. The van der Waals surface area contributed by atoms with Crippen LogP contribution in [-0.4, -0.2) is 73.4 Å². The molecule has 2 aliphatic heterocycles. The van der Waals surface area contributed by atoms with Gasteiger partial charge in [-0.2, -0.15) is 0 Å². The van der Waals surface area contributed by atoms with E-state index in [4.69, 9.17) is 0 Å². The zero-order chi connectivity index (χ0) is 12.3. The predicted octanol–water partition coefficient (Wildman–Crippen LogP) is 0.127. The van der Waals surface area contributed by atoms with Crippen LogP contribution in [0, 0.1) is 0 Å². The van der Waals surface area contributed by atoms with Crippen molar-refractivity contribution in [1.82, 2.24) is 15.1 Å². The third-order valence-corrected chi connectivity index (χ3v) is 4.36. The average molecular weight is 241 g/mol. The minimum Gasteiger partial charge on any atom is -0.394 e. The molecule has 0 radical (unpaired) electrons. The fourth-order valence-electron chi connectivity index (χ4n) is 3.24. The Balaban J connectivity index is 1.86. The smallest absolute Gasteiger partial charge is 0.0614 e. The Morgan fingerprint density at radius 1 is 1.41 bits per heavy atom. The molecule has 100 valence electrons. The zero-order valence-corrected chi connectivity index (χ0v) is 11.3. The van der Waals surface area contributed by atoms with E-state index in [1.807, 2.05) is 0 Å². The van der Waals surface area contributed by atoms with Gasteiger partial charge in [0.15, 0.2) is 0 Å². The normalized spacial score (nSPS) is 34.2. The van der Waals surface area contributed by atoms with Crippen LogP contribution in [-0.2, 0) is 0 Å². The molecule has 0 aromatic carbocycles. The van der Waals surface area contributed by atoms with E-state index in [2.05, 4.69) is 29.2 Å². The molecule has 0 saturated carbocycles. The van der Waals surface area contributed by atoms with Crippen molar-refractivity contribution in [2.24, 2.45) is 0 Å². The van der Waals surface area contributed by atoms with Crippen LogP contribution in [0.1, 0.15) is 25.7 Å². The monoisotopic (exact) mass is 241 g/mol. The number of hydrogen-bond acceptors (Lipinski definition) is 4. The van der Waals surface area contributed by atoms with Crippen molar-refractivity contribution >= 4 is 0 Å². The quantitative estimate of drug-likeness (QED) is 0.717. The van der Waals surface area contributed by atoms with Crippen LogP contribution in [0.3, 0.4) is 0 Å². The molecule has 4 nitrogen and oxygen atoms in total. The molecule has 2 saturated heterocycles. The van der Waals surface area contributed by atoms with E-state index < -0.39 is 0 Å². The first-order valence-corrected chi connectivity index (χ1v) is 6.90. The molecule has 2 atom stereocenters. The highest BCUT2D eigenvalue weighted by atomic mass is 16.3. The van der Waals surface area contributed by atoms with E-state index in [9.17, 15) is 5.11 Å². The molecular formula is C13H27N3O. The number of hydrogen-bond donors (Lipinski definition) is 2. The van der Waals surface area contributed by atoms with Gasteiger partial charge in [0, 0.05) is 31.2 Å². The number of aliphatic hydroxyl groups excluding tert-OH is 1. The van der Waals surface area contributed by atoms with Crippen LogP contribution < -0.4 is 5.32 Å². The molecule has 2 aliphatic rings. The van der Waals surface area contributed by atoms with E-state index >= 15 is 0 Å². The first-order valence-electron chi connectivity index (χ1n) is 6.90. The number of fused-ring (bicyclic) bond motifs is 1. The summed E-state index contributed by atoms with van der Waals surface area (Å²) in [4.78, 5) is 4.78. The van der Waals surface area contributed by atoms with E-state index in [1.165, 1.54) is 19.4 Å². The maximum atomic E-state index is 9.73. The van der Waals surface area contributed by atoms with Gasteiger partial charge < -0.3 is 20.2 Å². The summed E-state index contributed by atoms with van der Waals surface area (Å²) in [7, 11) is 4.18. The van der Waals surface area contributed by atoms with Gasteiger partial charge in [-0.25, -0.2) is 0 Å². The van der Waals surface area contributed by atoms with Gasteiger partial charge in [0.25, 0.3) is 0 Å². The summed E-state index contributed by atoms with van der Waals surface area (Å²) in [6, 6.07) is 0.711. The molecular weight excluding hydrogens is 214 g/mol. The molecule has 17 heavy (non-hydrogen) atoms. The van der Waals surface area contributed by atoms with Crippen LogP contribution in [0.2, 0.25) is 0 Å². The van der Waals surface area contributed by atoms with E-state index in [1.54, 1.807) is 0 Å². The molecule has 0 aromatic rings. The van der Waals surface area contributed by atoms with Crippen LogP contribution in [0.4, 0.5) is 0 Å². The lowest BCUT2D eigenvalue weighted by Gasteiger charge is -2.44. The van der Waals surface area contributed by atoms with Crippen molar-refractivity contribution in [2.45, 2.75) is 37.3 Å². The van der Waals surface area contributed by atoms with Crippen molar-refractivity contribution in [2.75, 3.05) is 46.9 Å². The Morgan fingerprint density at radius 3 is 2.94 bits per heavy atom. The van der Waals surface area contributed by atoms with Gasteiger partial charge >= 0.3 is 0 Å². The molecule has 2 N–H and O–H groups in total. The third-order valence-electron chi connectivity index (χ3n) is 4.36. The number of nitrogens with zero attached hydrogens (tertiary/aromatic N) is 2. The number of piperidine rings is 1. The molecule has 4 heteroatoms. The van der Waals surface area contributed by atoms with Gasteiger partial charge in [-0.05, 0) is 46.3 Å². The molecule has 2 unspecified atom stereocenters. The topological polar surface area (TPSA) is 38.7 Å². The molecule has 2 rings (SSSR count). The standard InChI is InChI=1S/C13H27N3O/c1-15(2)9-6-14-13(11-17)5-8-16-7-3-4-12(16)10-13/h12,14,17H,3-11H2,1-2H3. The Labute approximate surface area is 105 Å². The van der Waals surface area contributed by atoms with Gasteiger partial charge in [-0.3, -0.25) is 0 Å². The minimum absolute atomic E-state index is 0.0124. The van der Waals surface area contributed by atoms with Gasteiger partial charge in [-0.1, -0.05) is 0 Å². The van der Waals surface area contributed by atoms with Gasteiger partial charge in [0.1, 0.15) is 0 Å². The van der Waals surface area contributed by atoms with Gasteiger partial charge in [-0.15, -0.1) is 0 Å². The van der Waals surface area contributed by atoms with Crippen molar-refractivity contribution in [3.63, 3.8) is 0 Å². The second-order valence-corrected chi connectivity index (χ2v) is 5.95. The SMILES string of the molecule is CN(C)CCNC1(CO)CCN2CCCC2C1. The Kier molecular flexibility index (Phi) is 4.42. The van der Waals surface area contributed by atoms with Crippen molar-refractivity contribution in [1.29, 1.82) is 0 Å². The summed E-state index contributed by atoms with van der Waals surface area (Å²) >= 11 is 0. The number of rotatable bonds is 5. The van der Waals surface area contributed by atoms with Gasteiger partial charge in [0.05, 0.1) is 6.61 Å². The first-order chi connectivity index (χ1) is 8.15. The fraction of sp³-hybridized carbons (Fsp3) is 1.00. The summed E-state index contributed by atoms with van der Waals surface area (Å²) in [5.74, 6) is 0. The zero-order valence-electron chi connectivity index (χ0n) is 11.3. The lowest BCUT2D eigenvalue weighted by molar-refractivity contribution is 0.0580. The maximum absolute atomic E-state index is 9.73. The largest absolute Gasteiger partial charge is 0.394 e. The maximum Gasteiger partial charge on any atom is 0.0614 e. The highest BCUT2D eigenvalue weighted by Crippen LogP contribution is 2.32. The molecule has 0 amide bonds. The van der Waals surface area contributed by atoms with Crippen molar-refractivity contribution in [3.8, 4) is 0 Å². The number of nitrogens with one attached hydrogen (secondary N) is 1. The molecule has 2 fully saturated rings. The Hall–Kier alpha value is -0.160.